The predicted octanol–water partition coefficient (Wildman–Crippen LogP) is 2.50. The summed E-state index contributed by atoms with van der Waals surface area (Å²) in [7, 11) is -3.01. The first-order valence-corrected chi connectivity index (χ1v) is 8.77. The van der Waals surface area contributed by atoms with Gasteiger partial charge in [-0.05, 0) is 33.6 Å². The van der Waals surface area contributed by atoms with Crippen LogP contribution >= 0.6 is 0 Å². The number of hydrogen-bond acceptors (Lipinski definition) is 4. The van der Waals surface area contributed by atoms with Crippen LogP contribution in [0.2, 0.25) is 0 Å². The summed E-state index contributed by atoms with van der Waals surface area (Å²) in [5.74, 6) is 0.0805. The van der Waals surface area contributed by atoms with Gasteiger partial charge in [0.05, 0.1) is 5.75 Å². The standard InChI is InChI=1S/C13H27NO4S/c1-6-7-8-11(9-10-19(5,16)17)14-12(15)18-13(2,3)4/h11H,6-10H2,1-5H3,(H,14,15)/t11-/m1/s1. The molecule has 5 nitrogen and oxygen atoms in total. The molecule has 19 heavy (non-hydrogen) atoms. The van der Waals surface area contributed by atoms with Crippen LogP contribution in [0.4, 0.5) is 4.79 Å². The van der Waals surface area contributed by atoms with E-state index in [1.54, 1.807) is 20.8 Å². The minimum Gasteiger partial charge on any atom is -0.444 e. The van der Waals surface area contributed by atoms with Crippen LogP contribution in [-0.2, 0) is 14.6 Å². The van der Waals surface area contributed by atoms with Gasteiger partial charge in [0.25, 0.3) is 0 Å². The van der Waals surface area contributed by atoms with Crippen molar-refractivity contribution in [2.45, 2.75) is 65.0 Å². The predicted molar refractivity (Wildman–Crippen MR) is 77.0 cm³/mol. The molecule has 0 aliphatic rings. The SMILES string of the molecule is CCCC[C@H](CCS(C)(=O)=O)NC(=O)OC(C)(C)C. The van der Waals surface area contributed by atoms with Gasteiger partial charge in [-0.3, -0.25) is 0 Å². The largest absolute Gasteiger partial charge is 0.444 e. The third-order valence-corrected chi connectivity index (χ3v) is 3.44. The topological polar surface area (TPSA) is 72.5 Å². The summed E-state index contributed by atoms with van der Waals surface area (Å²) in [6, 6.07) is -0.149. The van der Waals surface area contributed by atoms with Gasteiger partial charge in [-0.2, -0.15) is 0 Å². The van der Waals surface area contributed by atoms with Crippen molar-refractivity contribution < 1.29 is 17.9 Å². The molecule has 0 aromatic heterocycles. The average Bonchev–Trinajstić information content (AvgIpc) is 2.18. The second-order valence-electron chi connectivity index (χ2n) is 5.90. The lowest BCUT2D eigenvalue weighted by molar-refractivity contribution is 0.0500. The molecule has 0 saturated heterocycles. The van der Waals surface area contributed by atoms with E-state index in [-0.39, 0.29) is 11.8 Å². The van der Waals surface area contributed by atoms with E-state index < -0.39 is 21.5 Å². The lowest BCUT2D eigenvalue weighted by atomic mass is 10.1. The first-order valence-electron chi connectivity index (χ1n) is 6.70. The van der Waals surface area contributed by atoms with E-state index in [2.05, 4.69) is 12.2 Å². The normalized spacial score (nSPS) is 13.9. The molecule has 0 fully saturated rings. The molecule has 0 spiro atoms. The van der Waals surface area contributed by atoms with Crippen molar-refractivity contribution in [1.29, 1.82) is 0 Å². The van der Waals surface area contributed by atoms with Crippen LogP contribution in [0.1, 0.15) is 53.4 Å². The molecule has 0 unspecified atom stereocenters. The smallest absolute Gasteiger partial charge is 0.407 e. The molecule has 6 heteroatoms. The second-order valence-corrected chi connectivity index (χ2v) is 8.16. The molecule has 0 aliphatic carbocycles. The number of carbonyl (C=O) groups is 1. The number of nitrogens with one attached hydrogen (secondary N) is 1. The first kappa shape index (κ1) is 18.2. The highest BCUT2D eigenvalue weighted by atomic mass is 32.2. The summed E-state index contributed by atoms with van der Waals surface area (Å²) in [6.07, 6.45) is 3.87. The van der Waals surface area contributed by atoms with Crippen LogP contribution in [0.25, 0.3) is 0 Å². The van der Waals surface area contributed by atoms with Gasteiger partial charge >= 0.3 is 6.09 Å². The van der Waals surface area contributed by atoms with Gasteiger partial charge in [0, 0.05) is 12.3 Å². The first-order chi connectivity index (χ1) is 8.53. The van der Waals surface area contributed by atoms with Crippen molar-refractivity contribution in [2.24, 2.45) is 0 Å². The summed E-state index contributed by atoms with van der Waals surface area (Å²) < 4.78 is 27.5. The third-order valence-electron chi connectivity index (χ3n) is 2.46. The molecule has 0 saturated carbocycles. The fourth-order valence-electron chi connectivity index (χ4n) is 1.57. The zero-order chi connectivity index (χ0) is 15.1. The number of hydrogen-bond donors (Lipinski definition) is 1. The van der Waals surface area contributed by atoms with Gasteiger partial charge in [-0.25, -0.2) is 13.2 Å². The van der Waals surface area contributed by atoms with Crippen LogP contribution in [0.5, 0.6) is 0 Å². The van der Waals surface area contributed by atoms with Gasteiger partial charge in [0.1, 0.15) is 15.4 Å². The Kier molecular flexibility index (Phi) is 7.41. The number of sulfone groups is 1. The molecule has 114 valence electrons. The Morgan fingerprint density at radius 2 is 1.84 bits per heavy atom. The number of unbranched alkanes of at least 4 members (excludes halogenated alkanes) is 1. The van der Waals surface area contributed by atoms with Crippen molar-refractivity contribution >= 4 is 15.9 Å². The highest BCUT2D eigenvalue weighted by molar-refractivity contribution is 7.90. The van der Waals surface area contributed by atoms with Crippen LogP contribution in [0.3, 0.4) is 0 Å². The highest BCUT2D eigenvalue weighted by Gasteiger charge is 2.20. The van der Waals surface area contributed by atoms with Crippen molar-refractivity contribution in [2.75, 3.05) is 12.0 Å². The zero-order valence-electron chi connectivity index (χ0n) is 12.7. The molecule has 0 aromatic carbocycles. The highest BCUT2D eigenvalue weighted by Crippen LogP contribution is 2.10. The Morgan fingerprint density at radius 1 is 1.26 bits per heavy atom. The summed E-state index contributed by atoms with van der Waals surface area (Å²) in [5, 5.41) is 2.76. The number of ether oxygens (including phenoxy) is 1. The molecular formula is C13H27NO4S. The Hall–Kier alpha value is -0.780. The molecule has 0 aromatic rings. The number of amides is 1. The molecule has 0 bridgehead atoms. The Balaban J connectivity index is 4.37. The van der Waals surface area contributed by atoms with Gasteiger partial charge < -0.3 is 10.1 Å². The van der Waals surface area contributed by atoms with Crippen LogP contribution in [0, 0.1) is 0 Å². The maximum Gasteiger partial charge on any atom is 0.407 e. The third kappa shape index (κ3) is 12.0. The van der Waals surface area contributed by atoms with E-state index in [0.717, 1.165) is 19.3 Å². The number of carbonyl (C=O) groups excluding carboxylic acids is 1. The zero-order valence-corrected chi connectivity index (χ0v) is 13.5. The number of alkyl carbamates (subject to hydrolysis) is 1. The van der Waals surface area contributed by atoms with E-state index in [9.17, 15) is 13.2 Å². The van der Waals surface area contributed by atoms with Crippen LogP contribution in [-0.4, -0.2) is 38.2 Å². The molecular weight excluding hydrogens is 266 g/mol. The van der Waals surface area contributed by atoms with Gasteiger partial charge in [0.2, 0.25) is 0 Å². The molecule has 1 atom stereocenters. The van der Waals surface area contributed by atoms with Crippen molar-refractivity contribution in [3.8, 4) is 0 Å². The van der Waals surface area contributed by atoms with Crippen LogP contribution in [0.15, 0.2) is 0 Å². The van der Waals surface area contributed by atoms with E-state index in [1.165, 1.54) is 6.26 Å². The van der Waals surface area contributed by atoms with Crippen molar-refractivity contribution in [3.05, 3.63) is 0 Å². The second kappa shape index (κ2) is 7.72. The molecule has 0 heterocycles. The quantitative estimate of drug-likeness (QED) is 0.782. The maximum absolute atomic E-state index is 11.7. The monoisotopic (exact) mass is 293 g/mol. The van der Waals surface area contributed by atoms with E-state index in [4.69, 9.17) is 4.74 Å². The fraction of sp³-hybridized carbons (Fsp3) is 0.923. The molecule has 0 aliphatic heterocycles. The summed E-state index contributed by atoms with van der Waals surface area (Å²) in [4.78, 5) is 11.7. The van der Waals surface area contributed by atoms with E-state index in [0.29, 0.717) is 6.42 Å². The molecule has 1 amide bonds. The molecule has 0 rings (SSSR count). The van der Waals surface area contributed by atoms with Crippen LogP contribution < -0.4 is 5.32 Å². The van der Waals surface area contributed by atoms with Gasteiger partial charge in [-0.15, -0.1) is 0 Å². The lowest BCUT2D eigenvalue weighted by Crippen LogP contribution is -2.40. The number of rotatable bonds is 7. The minimum absolute atomic E-state index is 0.0805. The van der Waals surface area contributed by atoms with E-state index in [1.807, 2.05) is 0 Å². The summed E-state index contributed by atoms with van der Waals surface area (Å²) >= 11 is 0. The van der Waals surface area contributed by atoms with Crippen molar-refractivity contribution in [3.63, 3.8) is 0 Å². The Bertz CT molecular complexity index is 371. The van der Waals surface area contributed by atoms with Gasteiger partial charge in [-0.1, -0.05) is 19.8 Å². The Labute approximate surface area is 117 Å². The molecule has 0 radical (unpaired) electrons. The summed E-state index contributed by atoms with van der Waals surface area (Å²) in [5.41, 5.74) is -0.545. The maximum atomic E-state index is 11.7. The average molecular weight is 293 g/mol. The molecule has 1 N–H and O–H groups in total. The van der Waals surface area contributed by atoms with E-state index >= 15 is 0 Å². The lowest BCUT2D eigenvalue weighted by Gasteiger charge is -2.23. The minimum atomic E-state index is -3.01. The van der Waals surface area contributed by atoms with Gasteiger partial charge in [0.15, 0.2) is 0 Å². The fourth-order valence-corrected chi connectivity index (χ4v) is 2.28. The van der Waals surface area contributed by atoms with Crippen molar-refractivity contribution in [1.82, 2.24) is 5.32 Å². The summed E-state index contributed by atoms with van der Waals surface area (Å²) in [6.45, 7) is 7.44. The Morgan fingerprint density at radius 3 is 2.26 bits per heavy atom.